The van der Waals surface area contributed by atoms with Crippen molar-refractivity contribution in [1.29, 1.82) is 0 Å². The van der Waals surface area contributed by atoms with Crippen molar-refractivity contribution in [1.82, 2.24) is 5.32 Å². The van der Waals surface area contributed by atoms with Gasteiger partial charge in [-0.05, 0) is 51.5 Å². The highest BCUT2D eigenvalue weighted by Crippen LogP contribution is 2.42. The summed E-state index contributed by atoms with van der Waals surface area (Å²) in [4.78, 5) is 0. The van der Waals surface area contributed by atoms with Crippen LogP contribution in [0, 0.1) is 6.92 Å². The molecule has 2 atom stereocenters. The van der Waals surface area contributed by atoms with Gasteiger partial charge in [0, 0.05) is 18.7 Å². The molecule has 2 nitrogen and oxygen atoms in total. The van der Waals surface area contributed by atoms with E-state index in [0.29, 0.717) is 12.1 Å². The molecule has 1 saturated carbocycles. The lowest BCUT2D eigenvalue weighted by atomic mass is 9.74. The van der Waals surface area contributed by atoms with Crippen molar-refractivity contribution < 1.29 is 4.74 Å². The maximum absolute atomic E-state index is 5.99. The van der Waals surface area contributed by atoms with E-state index in [2.05, 4.69) is 43.4 Å². The molecule has 1 N–H and O–H groups in total. The van der Waals surface area contributed by atoms with Crippen LogP contribution in [0.15, 0.2) is 24.3 Å². The Morgan fingerprint density at radius 3 is 2.63 bits per heavy atom. The fourth-order valence-electron chi connectivity index (χ4n) is 3.39. The number of nitrogens with one attached hydrogen (secondary N) is 1. The Kier molecular flexibility index (Phi) is 3.64. The maximum atomic E-state index is 5.99. The zero-order valence-electron chi connectivity index (χ0n) is 12.1. The number of hydrogen-bond acceptors (Lipinski definition) is 2. The van der Waals surface area contributed by atoms with E-state index in [9.17, 15) is 0 Å². The fraction of sp³-hybridized carbons (Fsp3) is 0.647. The lowest BCUT2D eigenvalue weighted by Gasteiger charge is -2.47. The van der Waals surface area contributed by atoms with E-state index in [-0.39, 0.29) is 5.60 Å². The molecule has 2 fully saturated rings. The Morgan fingerprint density at radius 2 is 2.00 bits per heavy atom. The van der Waals surface area contributed by atoms with Crippen LogP contribution in [0.4, 0.5) is 0 Å². The summed E-state index contributed by atoms with van der Waals surface area (Å²) in [6.45, 7) is 5.34. The molecule has 1 saturated heterocycles. The topological polar surface area (TPSA) is 21.3 Å². The Hall–Kier alpha value is -0.860. The summed E-state index contributed by atoms with van der Waals surface area (Å²) in [5, 5.41) is 3.80. The van der Waals surface area contributed by atoms with Crippen LogP contribution in [0.5, 0.6) is 0 Å². The zero-order valence-corrected chi connectivity index (χ0v) is 12.1. The summed E-state index contributed by atoms with van der Waals surface area (Å²) < 4.78 is 5.99. The summed E-state index contributed by atoms with van der Waals surface area (Å²) in [5.41, 5.74) is 2.96. The summed E-state index contributed by atoms with van der Waals surface area (Å²) in [6, 6.07) is 9.93. The minimum absolute atomic E-state index is 0.239. The molecule has 19 heavy (non-hydrogen) atoms. The van der Waals surface area contributed by atoms with Crippen LogP contribution in [0.25, 0.3) is 0 Å². The molecule has 104 valence electrons. The van der Waals surface area contributed by atoms with Gasteiger partial charge in [-0.25, -0.2) is 0 Å². The quantitative estimate of drug-likeness (QED) is 0.892. The molecule has 2 unspecified atom stereocenters. The predicted octanol–water partition coefficient (Wildman–Crippen LogP) is 3.75. The minimum Gasteiger partial charge on any atom is -0.375 e. The fourth-order valence-corrected chi connectivity index (χ4v) is 3.39. The van der Waals surface area contributed by atoms with Crippen LogP contribution in [0.2, 0.25) is 0 Å². The average molecular weight is 259 g/mol. The Labute approximate surface area is 116 Å². The minimum atomic E-state index is 0.239. The molecule has 1 aromatic carbocycles. The average Bonchev–Trinajstić information content (AvgIpc) is 2.38. The smallest absolute Gasteiger partial charge is 0.0697 e. The molecule has 3 rings (SSSR count). The van der Waals surface area contributed by atoms with Crippen LogP contribution in [-0.2, 0) is 4.74 Å². The molecule has 0 aromatic heterocycles. The number of aryl methyl sites for hydroxylation is 1. The molecule has 2 aliphatic rings. The largest absolute Gasteiger partial charge is 0.375 e. The van der Waals surface area contributed by atoms with E-state index in [0.717, 1.165) is 13.0 Å². The van der Waals surface area contributed by atoms with Gasteiger partial charge in [0.2, 0.25) is 0 Å². The van der Waals surface area contributed by atoms with Crippen LogP contribution >= 0.6 is 0 Å². The van der Waals surface area contributed by atoms with Crippen LogP contribution in [0.3, 0.4) is 0 Å². The summed E-state index contributed by atoms with van der Waals surface area (Å²) in [5.74, 6) is 0. The molecule has 2 heteroatoms. The van der Waals surface area contributed by atoms with E-state index in [4.69, 9.17) is 4.74 Å². The first-order valence-electron chi connectivity index (χ1n) is 7.63. The molecule has 0 amide bonds. The van der Waals surface area contributed by atoms with E-state index in [1.54, 1.807) is 0 Å². The van der Waals surface area contributed by atoms with Crippen molar-refractivity contribution in [3.05, 3.63) is 35.4 Å². The Morgan fingerprint density at radius 1 is 1.26 bits per heavy atom. The molecule has 1 aliphatic carbocycles. The van der Waals surface area contributed by atoms with E-state index in [1.807, 2.05) is 0 Å². The number of rotatable bonds is 3. The third-order valence-electron chi connectivity index (χ3n) is 4.82. The van der Waals surface area contributed by atoms with Crippen molar-refractivity contribution in [2.75, 3.05) is 6.61 Å². The second-order valence-corrected chi connectivity index (χ2v) is 6.37. The summed E-state index contributed by atoms with van der Waals surface area (Å²) >= 11 is 0. The molecular weight excluding hydrogens is 234 g/mol. The number of benzene rings is 1. The van der Waals surface area contributed by atoms with Crippen molar-refractivity contribution in [2.45, 2.75) is 63.6 Å². The molecule has 1 spiro atoms. The van der Waals surface area contributed by atoms with Gasteiger partial charge in [0.15, 0.2) is 0 Å². The van der Waals surface area contributed by atoms with Gasteiger partial charge < -0.3 is 10.1 Å². The van der Waals surface area contributed by atoms with Crippen molar-refractivity contribution in [3.63, 3.8) is 0 Å². The number of ether oxygens (including phenoxy) is 1. The third-order valence-corrected chi connectivity index (χ3v) is 4.82. The highest BCUT2D eigenvalue weighted by molar-refractivity contribution is 5.23. The third kappa shape index (κ3) is 2.85. The lowest BCUT2D eigenvalue weighted by Crippen LogP contribution is -2.51. The predicted molar refractivity (Wildman–Crippen MR) is 78.3 cm³/mol. The van der Waals surface area contributed by atoms with Gasteiger partial charge >= 0.3 is 0 Å². The monoisotopic (exact) mass is 259 g/mol. The lowest BCUT2D eigenvalue weighted by molar-refractivity contribution is -0.136. The molecular formula is C17H25NO. The van der Waals surface area contributed by atoms with Crippen LogP contribution in [-0.4, -0.2) is 18.2 Å². The first-order valence-corrected chi connectivity index (χ1v) is 7.63. The maximum Gasteiger partial charge on any atom is 0.0697 e. The van der Waals surface area contributed by atoms with Crippen LogP contribution < -0.4 is 5.32 Å². The van der Waals surface area contributed by atoms with Crippen LogP contribution in [0.1, 0.15) is 56.2 Å². The molecule has 0 bridgehead atoms. The molecule has 1 heterocycles. The Balaban J connectivity index is 1.59. The van der Waals surface area contributed by atoms with E-state index < -0.39 is 0 Å². The summed E-state index contributed by atoms with van der Waals surface area (Å²) in [6.07, 6.45) is 6.23. The molecule has 1 aliphatic heterocycles. The van der Waals surface area contributed by atoms with Gasteiger partial charge in [0.05, 0.1) is 5.60 Å². The van der Waals surface area contributed by atoms with Gasteiger partial charge in [-0.2, -0.15) is 0 Å². The highest BCUT2D eigenvalue weighted by atomic mass is 16.5. The van der Waals surface area contributed by atoms with Gasteiger partial charge in [0.25, 0.3) is 0 Å². The van der Waals surface area contributed by atoms with Gasteiger partial charge in [-0.1, -0.05) is 29.8 Å². The standard InChI is InChI=1S/C17H25NO/c1-13-4-6-15(7-5-13)14(2)18-16-8-11-19-17(12-16)9-3-10-17/h4-7,14,16,18H,3,8-12H2,1-2H3. The van der Waals surface area contributed by atoms with E-state index >= 15 is 0 Å². The second kappa shape index (κ2) is 5.26. The highest BCUT2D eigenvalue weighted by Gasteiger charge is 2.42. The first kappa shape index (κ1) is 13.1. The van der Waals surface area contributed by atoms with Gasteiger partial charge in [0.1, 0.15) is 0 Å². The zero-order chi connectivity index (χ0) is 13.3. The van der Waals surface area contributed by atoms with Crippen molar-refractivity contribution >= 4 is 0 Å². The normalized spacial score (nSPS) is 26.9. The number of hydrogen-bond donors (Lipinski definition) is 1. The van der Waals surface area contributed by atoms with E-state index in [1.165, 1.54) is 36.8 Å². The Bertz CT molecular complexity index is 421. The van der Waals surface area contributed by atoms with Crippen molar-refractivity contribution in [2.24, 2.45) is 0 Å². The SMILES string of the molecule is Cc1ccc(C(C)NC2CCOC3(CCC3)C2)cc1. The molecule has 1 aromatic rings. The summed E-state index contributed by atoms with van der Waals surface area (Å²) in [7, 11) is 0. The van der Waals surface area contributed by atoms with Gasteiger partial charge in [-0.3, -0.25) is 0 Å². The van der Waals surface area contributed by atoms with Crippen molar-refractivity contribution in [3.8, 4) is 0 Å². The second-order valence-electron chi connectivity index (χ2n) is 6.37. The molecule has 0 radical (unpaired) electrons. The first-order chi connectivity index (χ1) is 9.17. The van der Waals surface area contributed by atoms with Gasteiger partial charge in [-0.15, -0.1) is 0 Å².